The second-order valence-electron chi connectivity index (χ2n) is 12.2. The summed E-state index contributed by atoms with van der Waals surface area (Å²) in [4.78, 5) is 32.0. The SMILES string of the molecule is [2H]C[C@H]1O[C@@H](n2cnc3c(OCc4cc(=O)oc5cc(N(CC)CC)ccc45)nc(C)nc32)CC1OP(OCC[N+]#[C-])N(C(C)C)C(C)C.[3H]OC. The van der Waals surface area contributed by atoms with Gasteiger partial charge in [-0.15, -0.1) is 0 Å². The van der Waals surface area contributed by atoms with Gasteiger partial charge in [-0.25, -0.2) is 26.0 Å². The Bertz CT molecular complexity index is 1840. The summed E-state index contributed by atoms with van der Waals surface area (Å²) < 4.78 is 48.8. The minimum Gasteiger partial charge on any atom is -0.471 e. The molecule has 4 atom stereocenters. The fraction of sp³-hybridized carbons (Fsp3) is 0.571. The van der Waals surface area contributed by atoms with Crippen LogP contribution in [0, 0.1) is 13.5 Å². The predicted octanol–water partition coefficient (Wildman–Crippen LogP) is 6.25. The maximum Gasteiger partial charge on any atom is 0.336 e. The zero-order valence-corrected chi connectivity index (χ0v) is 31.1. The lowest BCUT2D eigenvalue weighted by Crippen LogP contribution is -2.35. The second kappa shape index (κ2) is 18.0. The van der Waals surface area contributed by atoms with Crippen molar-refractivity contribution < 1.29 is 29.4 Å². The van der Waals surface area contributed by atoms with Crippen LogP contribution < -0.4 is 15.3 Å². The minimum absolute atomic E-state index is 0.000185. The maximum atomic E-state index is 12.5. The Morgan fingerprint density at radius 2 is 1.98 bits per heavy atom. The first-order valence-electron chi connectivity index (χ1n) is 17.9. The van der Waals surface area contributed by atoms with Gasteiger partial charge < -0.3 is 37.8 Å². The molecular formula is C35H50N7O7P. The molecule has 0 amide bonds. The van der Waals surface area contributed by atoms with Crippen LogP contribution >= 0.6 is 8.53 Å². The summed E-state index contributed by atoms with van der Waals surface area (Å²) in [5.41, 5.74) is 2.67. The molecule has 0 radical (unpaired) electrons. The van der Waals surface area contributed by atoms with Crippen LogP contribution in [-0.4, -0.2) is 88.4 Å². The molecule has 2 unspecified atom stereocenters. The fourth-order valence-corrected chi connectivity index (χ4v) is 7.71. The van der Waals surface area contributed by atoms with Gasteiger partial charge in [0.1, 0.15) is 30.8 Å². The predicted molar refractivity (Wildman–Crippen MR) is 194 cm³/mol. The maximum absolute atomic E-state index is 12.5. The van der Waals surface area contributed by atoms with E-state index >= 15 is 0 Å². The number of aliphatic hydroxyl groups excluding tert-OH is 1. The first-order valence-corrected chi connectivity index (χ1v) is 17.9. The van der Waals surface area contributed by atoms with Crippen molar-refractivity contribution in [3.05, 3.63) is 63.8 Å². The van der Waals surface area contributed by atoms with Gasteiger partial charge in [-0.2, -0.15) is 4.98 Å². The second-order valence-corrected chi connectivity index (χ2v) is 13.6. The first-order chi connectivity index (χ1) is 25.0. The smallest absolute Gasteiger partial charge is 0.336 e. The van der Waals surface area contributed by atoms with Gasteiger partial charge in [0.15, 0.2) is 11.2 Å². The van der Waals surface area contributed by atoms with Gasteiger partial charge in [0.25, 0.3) is 8.53 Å². The summed E-state index contributed by atoms with van der Waals surface area (Å²) >= 11 is 0. The molecule has 1 aromatic carbocycles. The highest BCUT2D eigenvalue weighted by molar-refractivity contribution is 7.44. The molecule has 4 aromatic rings. The summed E-state index contributed by atoms with van der Waals surface area (Å²) in [6.45, 7) is 23.7. The van der Waals surface area contributed by atoms with Crippen molar-refractivity contribution >= 4 is 36.3 Å². The molecule has 50 heavy (non-hydrogen) atoms. The van der Waals surface area contributed by atoms with Gasteiger partial charge in [-0.3, -0.25) is 4.57 Å². The standard InChI is InChI=1S/C34H46N7O6P.CH4O/c1-10-39(11-2)26-12-13-27-25(16-31(42)46-29(27)17-26)19-43-34-32-33(37-24(8)38-34)40(20-36-32)30-18-28(23(7)45-30)47-48(44-15-14-35-9)41(21(3)4)22(5)6;1-2/h12-13,16-17,20-23,28,30H,10-11,14-15,18-19H2,1-8H3;2H,1H3/t23-,28?,30-,48?;/m1./s1/i7D;2T. The Morgan fingerprint density at radius 1 is 1.24 bits per heavy atom. The average molecular weight is 715 g/mol. The molecule has 1 N–H and O–H groups in total. The van der Waals surface area contributed by atoms with E-state index in [9.17, 15) is 4.79 Å². The molecule has 5 rings (SSSR count). The van der Waals surface area contributed by atoms with E-state index in [1.165, 1.54) is 13.2 Å². The average Bonchev–Trinajstić information content (AvgIpc) is 3.71. The zero-order chi connectivity index (χ0) is 37.9. The molecule has 1 aliphatic heterocycles. The van der Waals surface area contributed by atoms with Gasteiger partial charge >= 0.3 is 5.63 Å². The van der Waals surface area contributed by atoms with Crippen molar-refractivity contribution in [1.82, 2.24) is 24.2 Å². The Hall–Kier alpha value is -3.70. The number of rotatable bonds is 15. The highest BCUT2D eigenvalue weighted by Crippen LogP contribution is 2.50. The fourth-order valence-electron chi connectivity index (χ4n) is 5.97. The summed E-state index contributed by atoms with van der Waals surface area (Å²) in [6.07, 6.45) is 0.673. The molecule has 272 valence electrons. The molecule has 4 heterocycles. The number of nitrogens with zero attached hydrogens (tertiary/aromatic N) is 7. The van der Waals surface area contributed by atoms with Crippen LogP contribution in [0.1, 0.15) is 73.8 Å². The topological polar surface area (TPSA) is 142 Å². The molecule has 15 heteroatoms. The van der Waals surface area contributed by atoms with E-state index < -0.39 is 32.6 Å². The van der Waals surface area contributed by atoms with Crippen LogP contribution in [0.3, 0.4) is 0 Å². The number of aliphatic hydroxyl groups is 1. The van der Waals surface area contributed by atoms with Crippen molar-refractivity contribution in [2.24, 2.45) is 0 Å². The number of benzene rings is 1. The molecule has 3 aromatic heterocycles. The molecule has 1 saturated heterocycles. The summed E-state index contributed by atoms with van der Waals surface area (Å²) in [6, 6.07) is 7.59. The lowest BCUT2D eigenvalue weighted by atomic mass is 10.1. The zero-order valence-electron chi connectivity index (χ0n) is 32.2. The van der Waals surface area contributed by atoms with Crippen LogP contribution in [0.25, 0.3) is 27.0 Å². The number of fused-ring (bicyclic) bond motifs is 2. The third-order valence-corrected chi connectivity index (χ3v) is 10.3. The largest absolute Gasteiger partial charge is 0.471 e. The van der Waals surface area contributed by atoms with E-state index in [2.05, 4.69) is 76.0 Å². The van der Waals surface area contributed by atoms with Crippen LogP contribution in [0.5, 0.6) is 5.88 Å². The van der Waals surface area contributed by atoms with Gasteiger partial charge in [-0.1, -0.05) is 0 Å². The van der Waals surface area contributed by atoms with Crippen molar-refractivity contribution in [1.29, 1.82) is 1.43 Å². The third kappa shape index (κ3) is 8.96. The van der Waals surface area contributed by atoms with Crippen LogP contribution in [0.2, 0.25) is 0 Å². The highest BCUT2D eigenvalue weighted by Gasteiger charge is 2.40. The minimum atomic E-state index is -1.50. The summed E-state index contributed by atoms with van der Waals surface area (Å²) in [7, 11) is -0.213. The quantitative estimate of drug-likeness (QED) is 0.0644. The van der Waals surface area contributed by atoms with Crippen LogP contribution in [0.4, 0.5) is 5.69 Å². The Balaban J connectivity index is 0.00000195. The third-order valence-electron chi connectivity index (χ3n) is 8.18. The summed E-state index contributed by atoms with van der Waals surface area (Å²) in [5.74, 6) is 0.765. The van der Waals surface area contributed by atoms with Gasteiger partial charge in [0.2, 0.25) is 13.9 Å². The van der Waals surface area contributed by atoms with E-state index in [0.29, 0.717) is 34.6 Å². The molecule has 0 saturated carbocycles. The van der Waals surface area contributed by atoms with Gasteiger partial charge in [0, 0.05) is 68.8 Å². The Labute approximate surface area is 298 Å². The molecule has 14 nitrogen and oxygen atoms in total. The number of hydrogen-bond donors (Lipinski definition) is 1. The lowest BCUT2D eigenvalue weighted by molar-refractivity contribution is -0.00489. The number of aryl methyl sites for hydroxylation is 1. The monoisotopic (exact) mass is 714 g/mol. The first kappa shape index (κ1) is 36.1. The molecule has 0 spiro atoms. The van der Waals surface area contributed by atoms with Crippen molar-refractivity contribution in [2.45, 2.75) is 98.9 Å². The van der Waals surface area contributed by atoms with E-state index in [0.717, 1.165) is 24.2 Å². The normalized spacial score (nSPS) is 18.6. The number of hydrogen-bond acceptors (Lipinski definition) is 12. The van der Waals surface area contributed by atoms with E-state index in [1.54, 1.807) is 13.3 Å². The number of anilines is 1. The van der Waals surface area contributed by atoms with Crippen molar-refractivity contribution in [3.8, 4) is 5.88 Å². The molecule has 1 fully saturated rings. The van der Waals surface area contributed by atoms with Crippen molar-refractivity contribution in [2.75, 3.05) is 38.3 Å². The number of ether oxygens (including phenoxy) is 2. The van der Waals surface area contributed by atoms with Crippen molar-refractivity contribution in [3.63, 3.8) is 0 Å². The van der Waals surface area contributed by atoms with E-state index in [1.807, 2.05) is 22.8 Å². The molecule has 1 aliphatic rings. The molecule has 0 aliphatic carbocycles. The van der Waals surface area contributed by atoms with Gasteiger partial charge in [-0.05, 0) is 67.5 Å². The van der Waals surface area contributed by atoms with Crippen LogP contribution in [-0.2, 0) is 20.4 Å². The summed E-state index contributed by atoms with van der Waals surface area (Å²) in [5, 5.41) is 4.28. The highest BCUT2D eigenvalue weighted by atomic mass is 31.2. The Morgan fingerprint density at radius 3 is 2.64 bits per heavy atom. The van der Waals surface area contributed by atoms with E-state index in [4.69, 9.17) is 32.3 Å². The van der Waals surface area contributed by atoms with Gasteiger partial charge in [0.05, 0.1) is 18.5 Å². The van der Waals surface area contributed by atoms with Crippen LogP contribution in [0.15, 0.2) is 39.8 Å². The number of aromatic nitrogens is 4. The molecule has 0 bridgehead atoms. The lowest BCUT2D eigenvalue weighted by Gasteiger charge is -2.36. The molecular weight excluding hydrogens is 661 g/mol. The van der Waals surface area contributed by atoms with E-state index in [-0.39, 0.29) is 44.6 Å². The Kier molecular flexibility index (Phi) is 13.0. The number of imidazole rings is 1.